The maximum Gasteiger partial charge on any atom is 0.151 e. The molecule has 0 saturated carbocycles. The summed E-state index contributed by atoms with van der Waals surface area (Å²) in [4.78, 5) is 0. The second-order valence-electron chi connectivity index (χ2n) is 6.86. The molecule has 1 fully saturated rings. The van der Waals surface area contributed by atoms with Gasteiger partial charge >= 0.3 is 0 Å². The molecule has 1 atom stereocenters. The zero-order valence-electron chi connectivity index (χ0n) is 12.3. The molecule has 0 radical (unpaired) electrons. The van der Waals surface area contributed by atoms with Gasteiger partial charge in [-0.2, -0.15) is 5.26 Å². The Morgan fingerprint density at radius 2 is 1.85 bits per heavy atom. The Kier molecular flexibility index (Phi) is 3.68. The van der Waals surface area contributed by atoms with Gasteiger partial charge in [0.25, 0.3) is 0 Å². The van der Waals surface area contributed by atoms with Crippen LogP contribution in [0.15, 0.2) is 24.3 Å². The average Bonchev–Trinajstić information content (AvgIpc) is 2.65. The van der Waals surface area contributed by atoms with E-state index in [2.05, 4.69) is 39.0 Å². The molecule has 0 aromatic heterocycles. The highest BCUT2D eigenvalue weighted by molar-refractivity contribution is 7.91. The van der Waals surface area contributed by atoms with Crippen LogP contribution in [0, 0.1) is 16.7 Å². The summed E-state index contributed by atoms with van der Waals surface area (Å²) in [6.45, 7) is 6.47. The van der Waals surface area contributed by atoms with E-state index in [1.807, 2.05) is 12.1 Å². The fraction of sp³-hybridized carbons (Fsp3) is 0.562. The van der Waals surface area contributed by atoms with Gasteiger partial charge in [0.15, 0.2) is 9.84 Å². The van der Waals surface area contributed by atoms with Gasteiger partial charge < -0.3 is 0 Å². The van der Waals surface area contributed by atoms with Crippen molar-refractivity contribution in [1.29, 1.82) is 5.26 Å². The van der Waals surface area contributed by atoms with E-state index in [1.54, 1.807) is 0 Å². The molecular formula is C16H21NO2S. The Hall–Kier alpha value is -1.34. The number of benzene rings is 1. The van der Waals surface area contributed by atoms with E-state index >= 15 is 0 Å². The van der Waals surface area contributed by atoms with Crippen LogP contribution in [0.2, 0.25) is 0 Å². The number of nitriles is 1. The first-order valence-electron chi connectivity index (χ1n) is 6.87. The molecule has 1 saturated heterocycles. The number of hydrogen-bond donors (Lipinski definition) is 0. The third kappa shape index (κ3) is 3.21. The molecular weight excluding hydrogens is 270 g/mol. The lowest BCUT2D eigenvalue weighted by Crippen LogP contribution is -2.23. The highest BCUT2D eigenvalue weighted by Gasteiger charge is 2.42. The molecule has 1 aromatic rings. The van der Waals surface area contributed by atoms with E-state index in [4.69, 9.17) is 0 Å². The van der Waals surface area contributed by atoms with Crippen LogP contribution in [-0.2, 0) is 21.7 Å². The van der Waals surface area contributed by atoms with Crippen LogP contribution in [0.25, 0.3) is 0 Å². The molecule has 0 amide bonds. The van der Waals surface area contributed by atoms with Crippen LogP contribution in [-0.4, -0.2) is 19.9 Å². The summed E-state index contributed by atoms with van der Waals surface area (Å²) in [7, 11) is -3.04. The summed E-state index contributed by atoms with van der Waals surface area (Å²) in [5, 5.41) is 9.38. The summed E-state index contributed by atoms with van der Waals surface area (Å²) in [5.74, 6) is 0.137. The molecule has 1 aromatic carbocycles. The number of rotatable bonds is 2. The van der Waals surface area contributed by atoms with Crippen molar-refractivity contribution in [2.24, 2.45) is 5.41 Å². The Morgan fingerprint density at radius 3 is 2.25 bits per heavy atom. The van der Waals surface area contributed by atoms with E-state index in [1.165, 1.54) is 5.56 Å². The van der Waals surface area contributed by atoms with Gasteiger partial charge in [-0.1, -0.05) is 45.0 Å². The van der Waals surface area contributed by atoms with Crippen LogP contribution in [0.1, 0.15) is 38.3 Å². The highest BCUT2D eigenvalue weighted by Crippen LogP contribution is 2.35. The van der Waals surface area contributed by atoms with Crippen molar-refractivity contribution in [3.05, 3.63) is 35.4 Å². The first kappa shape index (κ1) is 15.1. The van der Waals surface area contributed by atoms with Gasteiger partial charge in [-0.3, -0.25) is 0 Å². The Labute approximate surface area is 121 Å². The van der Waals surface area contributed by atoms with Crippen LogP contribution in [0.5, 0.6) is 0 Å². The molecule has 108 valence electrons. The number of hydrogen-bond acceptors (Lipinski definition) is 3. The molecule has 4 heteroatoms. The summed E-state index contributed by atoms with van der Waals surface area (Å²) in [6.07, 6.45) is 0.972. The maximum absolute atomic E-state index is 11.6. The molecule has 2 rings (SSSR count). The van der Waals surface area contributed by atoms with E-state index in [-0.39, 0.29) is 16.9 Å². The SMILES string of the molecule is CC(C)(C)c1ccc(CC2(C#N)CCS(=O)(=O)C2)cc1. The van der Waals surface area contributed by atoms with Crippen molar-refractivity contribution in [3.8, 4) is 6.07 Å². The van der Waals surface area contributed by atoms with Crippen LogP contribution in [0.3, 0.4) is 0 Å². The normalized spacial score (nSPS) is 25.3. The van der Waals surface area contributed by atoms with E-state index in [0.717, 1.165) is 5.56 Å². The summed E-state index contributed by atoms with van der Waals surface area (Å²) in [6, 6.07) is 10.4. The largest absolute Gasteiger partial charge is 0.229 e. The molecule has 20 heavy (non-hydrogen) atoms. The third-order valence-corrected chi connectivity index (χ3v) is 5.81. The quantitative estimate of drug-likeness (QED) is 0.842. The Morgan fingerprint density at radius 1 is 1.25 bits per heavy atom. The first-order valence-corrected chi connectivity index (χ1v) is 8.69. The van der Waals surface area contributed by atoms with Crippen molar-refractivity contribution >= 4 is 9.84 Å². The molecule has 1 heterocycles. The fourth-order valence-electron chi connectivity index (χ4n) is 2.70. The topological polar surface area (TPSA) is 57.9 Å². The Bertz CT molecular complexity index is 633. The van der Waals surface area contributed by atoms with Crippen molar-refractivity contribution in [2.45, 2.75) is 39.0 Å². The fourth-order valence-corrected chi connectivity index (χ4v) is 4.70. The molecule has 1 aliphatic heterocycles. The molecule has 0 spiro atoms. The smallest absolute Gasteiger partial charge is 0.151 e. The molecule has 0 bridgehead atoms. The third-order valence-electron chi connectivity index (χ3n) is 3.99. The van der Waals surface area contributed by atoms with Crippen molar-refractivity contribution in [2.75, 3.05) is 11.5 Å². The van der Waals surface area contributed by atoms with Gasteiger partial charge in [-0.25, -0.2) is 8.42 Å². The summed E-state index contributed by atoms with van der Waals surface area (Å²) >= 11 is 0. The van der Waals surface area contributed by atoms with Crippen LogP contribution >= 0.6 is 0 Å². The Balaban J connectivity index is 2.20. The second-order valence-corrected chi connectivity index (χ2v) is 9.04. The van der Waals surface area contributed by atoms with Crippen molar-refractivity contribution in [3.63, 3.8) is 0 Å². The molecule has 0 N–H and O–H groups in total. The van der Waals surface area contributed by atoms with Crippen LogP contribution < -0.4 is 0 Å². The molecule has 1 unspecified atom stereocenters. The minimum atomic E-state index is -3.04. The van der Waals surface area contributed by atoms with Gasteiger partial charge in [0.05, 0.1) is 23.0 Å². The predicted molar refractivity (Wildman–Crippen MR) is 80.2 cm³/mol. The lowest BCUT2D eigenvalue weighted by Gasteiger charge is -2.21. The van der Waals surface area contributed by atoms with Gasteiger partial charge in [0.2, 0.25) is 0 Å². The zero-order valence-corrected chi connectivity index (χ0v) is 13.1. The van der Waals surface area contributed by atoms with Gasteiger partial charge in [0, 0.05) is 0 Å². The lowest BCUT2D eigenvalue weighted by atomic mass is 9.81. The van der Waals surface area contributed by atoms with Gasteiger partial charge in [-0.05, 0) is 29.4 Å². The predicted octanol–water partition coefficient (Wildman–Crippen LogP) is 2.86. The number of sulfone groups is 1. The van der Waals surface area contributed by atoms with Crippen LogP contribution in [0.4, 0.5) is 0 Å². The minimum absolute atomic E-state index is 0.00246. The monoisotopic (exact) mass is 291 g/mol. The lowest BCUT2D eigenvalue weighted by molar-refractivity contribution is 0.451. The minimum Gasteiger partial charge on any atom is -0.229 e. The summed E-state index contributed by atoms with van der Waals surface area (Å²) < 4.78 is 23.3. The molecule has 3 nitrogen and oxygen atoms in total. The second kappa shape index (κ2) is 4.89. The molecule has 1 aliphatic rings. The van der Waals surface area contributed by atoms with E-state index in [0.29, 0.717) is 12.8 Å². The summed E-state index contributed by atoms with van der Waals surface area (Å²) in [5.41, 5.74) is 1.65. The van der Waals surface area contributed by atoms with E-state index in [9.17, 15) is 13.7 Å². The average molecular weight is 291 g/mol. The van der Waals surface area contributed by atoms with Gasteiger partial charge in [0.1, 0.15) is 0 Å². The molecule has 0 aliphatic carbocycles. The maximum atomic E-state index is 11.6. The van der Waals surface area contributed by atoms with Crippen molar-refractivity contribution < 1.29 is 8.42 Å². The van der Waals surface area contributed by atoms with Gasteiger partial charge in [-0.15, -0.1) is 0 Å². The van der Waals surface area contributed by atoms with Crippen molar-refractivity contribution in [1.82, 2.24) is 0 Å². The zero-order chi connectivity index (χ0) is 15.0. The first-order chi connectivity index (χ1) is 9.16. The van der Waals surface area contributed by atoms with E-state index < -0.39 is 15.3 Å². The standard InChI is InChI=1S/C16H21NO2S/c1-15(2,3)14-6-4-13(5-7-14)10-16(11-17)8-9-20(18,19)12-16/h4-7H,8-10,12H2,1-3H3. The highest BCUT2D eigenvalue weighted by atomic mass is 32.2. The number of nitrogens with zero attached hydrogens (tertiary/aromatic N) is 1.